The number of nitrogens with zero attached hydrogens (tertiary/aromatic N) is 1. The zero-order chi connectivity index (χ0) is 20.1. The third-order valence-corrected chi connectivity index (χ3v) is 4.00. The summed E-state index contributed by atoms with van der Waals surface area (Å²) in [5, 5.41) is 23.1. The second kappa shape index (κ2) is 8.25. The molecule has 28 heavy (non-hydrogen) atoms. The summed E-state index contributed by atoms with van der Waals surface area (Å²) in [6.07, 6.45) is 1.32. The molecule has 0 unspecified atom stereocenters. The van der Waals surface area contributed by atoms with Crippen LogP contribution in [0.1, 0.15) is 16.1 Å². The molecule has 0 saturated heterocycles. The lowest BCUT2D eigenvalue weighted by Gasteiger charge is -2.06. The van der Waals surface area contributed by atoms with E-state index >= 15 is 0 Å². The van der Waals surface area contributed by atoms with E-state index in [2.05, 4.69) is 5.32 Å². The Morgan fingerprint density at radius 2 is 1.86 bits per heavy atom. The average Bonchev–Trinajstić information content (AvgIpc) is 3.15. The van der Waals surface area contributed by atoms with Crippen molar-refractivity contribution in [2.75, 3.05) is 5.32 Å². The van der Waals surface area contributed by atoms with Crippen molar-refractivity contribution in [1.82, 2.24) is 0 Å². The zero-order valence-electron chi connectivity index (χ0n) is 14.3. The highest BCUT2D eigenvalue weighted by Gasteiger charge is 2.12. The number of nitriles is 1. The van der Waals surface area contributed by atoms with Gasteiger partial charge in [-0.3, -0.25) is 4.79 Å². The van der Waals surface area contributed by atoms with Crippen LogP contribution in [0.25, 0.3) is 17.4 Å². The van der Waals surface area contributed by atoms with Crippen LogP contribution < -0.4 is 10.4 Å². The quantitative estimate of drug-likeness (QED) is 0.529. The van der Waals surface area contributed by atoms with Gasteiger partial charge in [-0.15, -0.1) is 0 Å². The van der Waals surface area contributed by atoms with Gasteiger partial charge in [0.15, 0.2) is 0 Å². The van der Waals surface area contributed by atoms with Gasteiger partial charge in [0.25, 0.3) is 5.91 Å². The number of anilines is 1. The summed E-state index contributed by atoms with van der Waals surface area (Å²) in [4.78, 5) is 23.0. The Morgan fingerprint density at radius 1 is 1.11 bits per heavy atom. The fourth-order valence-electron chi connectivity index (χ4n) is 2.41. The summed E-state index contributed by atoms with van der Waals surface area (Å²) in [6, 6.07) is 17.7. The minimum Gasteiger partial charge on any atom is -0.545 e. The summed E-state index contributed by atoms with van der Waals surface area (Å²) in [5.74, 6) is -1.09. The van der Waals surface area contributed by atoms with Crippen LogP contribution in [0.5, 0.6) is 0 Å². The summed E-state index contributed by atoms with van der Waals surface area (Å²) < 4.78 is 5.66. The second-order valence-electron chi connectivity index (χ2n) is 5.70. The van der Waals surface area contributed by atoms with Crippen molar-refractivity contribution in [1.29, 1.82) is 5.26 Å². The van der Waals surface area contributed by atoms with Crippen LogP contribution in [0.15, 0.2) is 70.7 Å². The molecule has 0 saturated carbocycles. The first-order chi connectivity index (χ1) is 13.5. The highest BCUT2D eigenvalue weighted by Crippen LogP contribution is 2.25. The Labute approximate surface area is 165 Å². The number of carbonyl (C=O) groups is 2. The van der Waals surface area contributed by atoms with Crippen molar-refractivity contribution >= 4 is 35.2 Å². The first-order valence-corrected chi connectivity index (χ1v) is 8.44. The van der Waals surface area contributed by atoms with E-state index < -0.39 is 11.9 Å². The van der Waals surface area contributed by atoms with Crippen molar-refractivity contribution < 1.29 is 19.1 Å². The molecule has 7 heteroatoms. The van der Waals surface area contributed by atoms with Gasteiger partial charge in [-0.1, -0.05) is 35.9 Å². The van der Waals surface area contributed by atoms with Gasteiger partial charge in [0.2, 0.25) is 0 Å². The van der Waals surface area contributed by atoms with Crippen LogP contribution in [0, 0.1) is 11.3 Å². The predicted octanol–water partition coefficient (Wildman–Crippen LogP) is 3.51. The summed E-state index contributed by atoms with van der Waals surface area (Å²) in [7, 11) is 0. The van der Waals surface area contributed by atoms with Gasteiger partial charge in [0.05, 0.1) is 5.97 Å². The first kappa shape index (κ1) is 19.0. The van der Waals surface area contributed by atoms with Crippen molar-refractivity contribution in [2.45, 2.75) is 0 Å². The minimum absolute atomic E-state index is 0.0156. The van der Waals surface area contributed by atoms with E-state index in [-0.39, 0.29) is 11.1 Å². The molecule has 0 atom stereocenters. The molecule has 3 aromatic rings. The molecule has 6 nitrogen and oxygen atoms in total. The molecule has 1 aromatic heterocycles. The maximum Gasteiger partial charge on any atom is 0.266 e. The van der Waals surface area contributed by atoms with Gasteiger partial charge >= 0.3 is 0 Å². The predicted molar refractivity (Wildman–Crippen MR) is 102 cm³/mol. The second-order valence-corrected chi connectivity index (χ2v) is 6.14. The molecular weight excluding hydrogens is 380 g/mol. The van der Waals surface area contributed by atoms with Gasteiger partial charge in [0.1, 0.15) is 23.2 Å². The molecular formula is C21H12ClN2O4-. The highest BCUT2D eigenvalue weighted by atomic mass is 35.5. The highest BCUT2D eigenvalue weighted by molar-refractivity contribution is 6.30. The molecule has 138 valence electrons. The Hall–Kier alpha value is -3.82. The molecule has 0 fully saturated rings. The first-order valence-electron chi connectivity index (χ1n) is 8.06. The minimum atomic E-state index is -1.32. The van der Waals surface area contributed by atoms with E-state index in [0.29, 0.717) is 22.2 Å². The lowest BCUT2D eigenvalue weighted by molar-refractivity contribution is -0.255. The number of aromatic carboxylic acids is 1. The van der Waals surface area contributed by atoms with Crippen molar-refractivity contribution in [3.63, 3.8) is 0 Å². The molecule has 0 spiro atoms. The van der Waals surface area contributed by atoms with Crippen LogP contribution >= 0.6 is 11.6 Å². The number of rotatable bonds is 5. The van der Waals surface area contributed by atoms with E-state index in [4.69, 9.17) is 16.0 Å². The summed E-state index contributed by atoms with van der Waals surface area (Å²) >= 11 is 5.97. The van der Waals surface area contributed by atoms with Crippen LogP contribution in [-0.2, 0) is 4.79 Å². The number of hydrogen-bond donors (Lipinski definition) is 1. The Kier molecular flexibility index (Phi) is 5.58. The fraction of sp³-hybridized carbons (Fsp3) is 0. The van der Waals surface area contributed by atoms with Crippen LogP contribution in [0.3, 0.4) is 0 Å². The van der Waals surface area contributed by atoms with Gasteiger partial charge < -0.3 is 19.6 Å². The van der Waals surface area contributed by atoms with Gasteiger partial charge in [-0.2, -0.15) is 5.26 Å². The molecule has 1 amide bonds. The average molecular weight is 392 g/mol. The number of hydrogen-bond acceptors (Lipinski definition) is 5. The van der Waals surface area contributed by atoms with Gasteiger partial charge in [0, 0.05) is 22.3 Å². The fourth-order valence-corrected chi connectivity index (χ4v) is 2.60. The number of amides is 1. The third kappa shape index (κ3) is 4.47. The van der Waals surface area contributed by atoms with Crippen LogP contribution in [0.4, 0.5) is 5.69 Å². The molecule has 0 bridgehead atoms. The zero-order valence-corrected chi connectivity index (χ0v) is 15.1. The van der Waals surface area contributed by atoms with Gasteiger partial charge in [-0.25, -0.2) is 0 Å². The number of halogens is 1. The number of carboxylic acid groups (broad SMARTS) is 1. The maximum atomic E-state index is 12.3. The topological polar surface area (TPSA) is 106 Å². The third-order valence-electron chi connectivity index (χ3n) is 3.77. The van der Waals surface area contributed by atoms with E-state index in [9.17, 15) is 20.0 Å². The van der Waals surface area contributed by atoms with Crippen LogP contribution in [-0.4, -0.2) is 11.9 Å². The van der Waals surface area contributed by atoms with Crippen molar-refractivity contribution in [3.05, 3.63) is 82.6 Å². The Bertz CT molecular complexity index is 1110. The van der Waals surface area contributed by atoms with Crippen molar-refractivity contribution in [3.8, 4) is 17.4 Å². The van der Waals surface area contributed by atoms with E-state index in [1.807, 2.05) is 12.1 Å². The molecule has 1 heterocycles. The lowest BCUT2D eigenvalue weighted by Crippen LogP contribution is -2.22. The SMILES string of the molecule is N#C/C(=C\c1ccc(-c2cccc(Cl)c2)o1)C(=O)Nc1ccc(C(=O)[O-])cc1. The number of carboxylic acids is 1. The van der Waals surface area contributed by atoms with Crippen LogP contribution in [0.2, 0.25) is 5.02 Å². The Morgan fingerprint density at radius 3 is 2.50 bits per heavy atom. The smallest absolute Gasteiger partial charge is 0.266 e. The number of benzene rings is 2. The summed E-state index contributed by atoms with van der Waals surface area (Å²) in [5.41, 5.74) is 0.924. The van der Waals surface area contributed by atoms with Crippen molar-refractivity contribution in [2.24, 2.45) is 0 Å². The molecule has 0 radical (unpaired) electrons. The standard InChI is InChI=1S/C21H13ClN2O4/c22-16-3-1-2-14(10-16)19-9-8-18(28-19)11-15(12-23)20(25)24-17-6-4-13(5-7-17)21(26)27/h1-11H,(H,24,25)(H,26,27)/p-1/b15-11+. The Balaban J connectivity index is 1.77. The lowest BCUT2D eigenvalue weighted by atomic mass is 10.2. The number of carbonyl (C=O) groups excluding carboxylic acids is 2. The van der Waals surface area contributed by atoms with E-state index in [1.165, 1.54) is 30.3 Å². The maximum absolute atomic E-state index is 12.3. The number of furan rings is 1. The van der Waals surface area contributed by atoms with E-state index in [1.54, 1.807) is 30.3 Å². The monoisotopic (exact) mass is 391 g/mol. The van der Waals surface area contributed by atoms with Gasteiger partial charge in [-0.05, 0) is 42.0 Å². The largest absolute Gasteiger partial charge is 0.545 e. The molecule has 0 aliphatic rings. The normalized spacial score (nSPS) is 10.9. The molecule has 1 N–H and O–H groups in total. The summed E-state index contributed by atoms with van der Waals surface area (Å²) in [6.45, 7) is 0. The molecule has 0 aliphatic heterocycles. The molecule has 0 aliphatic carbocycles. The van der Waals surface area contributed by atoms with E-state index in [0.717, 1.165) is 5.56 Å². The molecule has 2 aromatic carbocycles. The molecule has 3 rings (SSSR count). The number of nitrogens with one attached hydrogen (secondary N) is 1.